The molecule has 6 heterocycles. The number of rotatable bonds is 7. The van der Waals surface area contributed by atoms with Gasteiger partial charge in [-0.1, -0.05) is 96.3 Å². The second-order valence-electron chi connectivity index (χ2n) is 14.4. The second kappa shape index (κ2) is 13.7. The van der Waals surface area contributed by atoms with Gasteiger partial charge in [0.05, 0.1) is 33.1 Å². The highest BCUT2D eigenvalue weighted by atomic mass is 32.2. The van der Waals surface area contributed by atoms with Crippen LogP contribution in [0.1, 0.15) is 0 Å². The molecular formula is C50H31N7S2. The molecule has 7 nitrogen and oxygen atoms in total. The molecule has 0 aliphatic heterocycles. The molecule has 0 bridgehead atoms. The van der Waals surface area contributed by atoms with Crippen LogP contribution >= 0.6 is 23.5 Å². The van der Waals surface area contributed by atoms with Crippen molar-refractivity contribution in [3.8, 4) is 17.6 Å². The van der Waals surface area contributed by atoms with Crippen molar-refractivity contribution in [1.82, 2.24) is 33.6 Å². The average molecular weight is 794 g/mol. The fraction of sp³-hybridized carbons (Fsp3) is 0. The quantitative estimate of drug-likeness (QED) is 0.160. The molecule has 0 atom stereocenters. The molecule has 12 rings (SSSR count). The first kappa shape index (κ1) is 33.9. The van der Waals surface area contributed by atoms with Crippen molar-refractivity contribution in [2.24, 2.45) is 0 Å². The molecular weight excluding hydrogens is 763 g/mol. The number of para-hydroxylation sites is 2. The number of nitrogens with zero attached hydrogens (tertiary/aromatic N) is 7. The van der Waals surface area contributed by atoms with Crippen molar-refractivity contribution in [1.29, 1.82) is 0 Å². The molecule has 0 saturated heterocycles. The van der Waals surface area contributed by atoms with E-state index < -0.39 is 0 Å². The van der Waals surface area contributed by atoms with Crippen LogP contribution in [-0.2, 0) is 0 Å². The molecule has 59 heavy (non-hydrogen) atoms. The standard InChI is InChI=1S/C50H31N7S2/c1-3-12-42-36(10-1)38-20-16-32(28-44(38)55(42)48-14-5-7-24-51-48)58-34-18-22-40-41-23-19-35(31-47(41)57(46(40)30-34)50-53-26-9-27-54-50)59-33-17-21-39-37-11-2-4-13-43(37)56(45(39)29-33)49-15-6-8-25-52-49/h1-31H. The highest BCUT2D eigenvalue weighted by molar-refractivity contribution is 7.99. The van der Waals surface area contributed by atoms with Crippen molar-refractivity contribution in [3.05, 3.63) is 189 Å². The van der Waals surface area contributed by atoms with Gasteiger partial charge in [0.15, 0.2) is 0 Å². The van der Waals surface area contributed by atoms with Gasteiger partial charge in [-0.25, -0.2) is 19.9 Å². The van der Waals surface area contributed by atoms with Gasteiger partial charge >= 0.3 is 0 Å². The maximum atomic E-state index is 4.76. The van der Waals surface area contributed by atoms with Crippen LogP contribution in [0.25, 0.3) is 83.0 Å². The predicted molar refractivity (Wildman–Crippen MR) is 242 cm³/mol. The van der Waals surface area contributed by atoms with Gasteiger partial charge in [0.2, 0.25) is 5.95 Å². The first-order chi connectivity index (χ1) is 29.2. The Labute approximate surface area is 346 Å². The number of hydrogen-bond acceptors (Lipinski definition) is 6. The molecule has 0 saturated carbocycles. The largest absolute Gasteiger partial charge is 0.294 e. The summed E-state index contributed by atoms with van der Waals surface area (Å²) in [6.45, 7) is 0. The monoisotopic (exact) mass is 793 g/mol. The van der Waals surface area contributed by atoms with E-state index in [0.29, 0.717) is 5.95 Å². The topological polar surface area (TPSA) is 66.3 Å². The van der Waals surface area contributed by atoms with Gasteiger partial charge in [-0.3, -0.25) is 13.7 Å². The zero-order valence-corrected chi connectivity index (χ0v) is 33.0. The molecule has 6 aromatic carbocycles. The molecule has 278 valence electrons. The molecule has 9 heteroatoms. The molecule has 0 aliphatic carbocycles. The molecule has 0 spiro atoms. The highest BCUT2D eigenvalue weighted by Gasteiger charge is 2.19. The Morgan fingerprint density at radius 3 is 1.05 bits per heavy atom. The van der Waals surface area contributed by atoms with E-state index in [9.17, 15) is 0 Å². The summed E-state index contributed by atoms with van der Waals surface area (Å²) in [4.78, 5) is 23.5. The summed E-state index contributed by atoms with van der Waals surface area (Å²) in [6.07, 6.45) is 7.32. The van der Waals surface area contributed by atoms with E-state index >= 15 is 0 Å². The lowest BCUT2D eigenvalue weighted by molar-refractivity contribution is 0.986. The molecule has 6 aromatic heterocycles. The van der Waals surface area contributed by atoms with Gasteiger partial charge in [0, 0.05) is 76.7 Å². The van der Waals surface area contributed by atoms with E-state index in [4.69, 9.17) is 19.9 Å². The lowest BCUT2D eigenvalue weighted by Crippen LogP contribution is -1.99. The van der Waals surface area contributed by atoms with E-state index in [0.717, 1.165) is 75.1 Å². The van der Waals surface area contributed by atoms with Crippen molar-refractivity contribution in [3.63, 3.8) is 0 Å². The van der Waals surface area contributed by atoms with Crippen molar-refractivity contribution in [2.75, 3.05) is 0 Å². The summed E-state index contributed by atoms with van der Waals surface area (Å²) in [5, 5.41) is 7.14. The molecule has 0 amide bonds. The van der Waals surface area contributed by atoms with Gasteiger partial charge < -0.3 is 0 Å². The first-order valence-corrected chi connectivity index (χ1v) is 21.0. The van der Waals surface area contributed by atoms with Crippen LogP contribution in [0.3, 0.4) is 0 Å². The van der Waals surface area contributed by atoms with Crippen LogP contribution in [0, 0.1) is 0 Å². The number of aromatic nitrogens is 7. The van der Waals surface area contributed by atoms with Crippen LogP contribution in [0.15, 0.2) is 208 Å². The molecule has 0 unspecified atom stereocenters. The van der Waals surface area contributed by atoms with Crippen molar-refractivity contribution >= 4 is 88.9 Å². The fourth-order valence-electron chi connectivity index (χ4n) is 8.49. The van der Waals surface area contributed by atoms with Crippen molar-refractivity contribution < 1.29 is 0 Å². The smallest absolute Gasteiger partial charge is 0.234 e. The summed E-state index contributed by atoms with van der Waals surface area (Å²) in [7, 11) is 0. The number of benzene rings is 6. The normalized spacial score (nSPS) is 11.9. The van der Waals surface area contributed by atoms with Crippen LogP contribution in [-0.4, -0.2) is 33.6 Å². The van der Waals surface area contributed by atoms with E-state index in [2.05, 4.69) is 147 Å². The van der Waals surface area contributed by atoms with Gasteiger partial charge in [-0.15, -0.1) is 0 Å². The zero-order chi connectivity index (χ0) is 38.9. The minimum Gasteiger partial charge on any atom is -0.294 e. The van der Waals surface area contributed by atoms with Gasteiger partial charge in [0.1, 0.15) is 11.6 Å². The lowest BCUT2D eigenvalue weighted by atomic mass is 10.1. The van der Waals surface area contributed by atoms with Gasteiger partial charge in [-0.05, 0) is 91.0 Å². The van der Waals surface area contributed by atoms with Gasteiger partial charge in [0.25, 0.3) is 0 Å². The number of fused-ring (bicyclic) bond motifs is 9. The van der Waals surface area contributed by atoms with E-state index in [1.54, 1.807) is 23.5 Å². The number of hydrogen-bond donors (Lipinski definition) is 0. The molecule has 0 N–H and O–H groups in total. The Bertz CT molecular complexity index is 3340. The Morgan fingerprint density at radius 2 is 0.644 bits per heavy atom. The molecule has 0 fully saturated rings. The third kappa shape index (κ3) is 5.61. The minimum absolute atomic E-state index is 0.638. The summed E-state index contributed by atoms with van der Waals surface area (Å²) < 4.78 is 6.72. The SMILES string of the molecule is c1ccc(-n2c3ccccc3c3ccc(Sc4ccc5c6ccc(Sc7ccc8c9ccccc9n(-c9ccccn9)c8c7)cc6n(-c6ncccn6)c5c4)cc32)nc1. The van der Waals surface area contributed by atoms with E-state index in [1.807, 2.05) is 55.1 Å². The maximum absolute atomic E-state index is 4.76. The summed E-state index contributed by atoms with van der Waals surface area (Å²) in [6, 6.07) is 58.0. The fourth-order valence-corrected chi connectivity index (χ4v) is 10.3. The maximum Gasteiger partial charge on any atom is 0.234 e. The molecule has 0 radical (unpaired) electrons. The van der Waals surface area contributed by atoms with Crippen molar-refractivity contribution in [2.45, 2.75) is 19.6 Å². The van der Waals surface area contributed by atoms with Crippen LogP contribution in [0.4, 0.5) is 0 Å². The Balaban J connectivity index is 0.955. The molecule has 12 aromatic rings. The third-order valence-electron chi connectivity index (χ3n) is 11.0. The van der Waals surface area contributed by atoms with E-state index in [-0.39, 0.29) is 0 Å². The third-order valence-corrected chi connectivity index (χ3v) is 12.9. The highest BCUT2D eigenvalue weighted by Crippen LogP contribution is 2.41. The van der Waals surface area contributed by atoms with Crippen LogP contribution in [0.5, 0.6) is 0 Å². The zero-order valence-electron chi connectivity index (χ0n) is 31.3. The van der Waals surface area contributed by atoms with E-state index in [1.165, 1.54) is 21.5 Å². The lowest BCUT2D eigenvalue weighted by Gasteiger charge is -2.09. The first-order valence-electron chi connectivity index (χ1n) is 19.4. The Morgan fingerprint density at radius 1 is 0.288 bits per heavy atom. The second-order valence-corrected chi connectivity index (χ2v) is 16.7. The molecule has 0 aliphatic rings. The average Bonchev–Trinajstić information content (AvgIpc) is 3.92. The minimum atomic E-state index is 0.638. The predicted octanol–water partition coefficient (Wildman–Crippen LogP) is 12.9. The van der Waals surface area contributed by atoms with Crippen LogP contribution < -0.4 is 0 Å². The summed E-state index contributed by atoms with van der Waals surface area (Å²) >= 11 is 3.51. The number of pyridine rings is 2. The van der Waals surface area contributed by atoms with Gasteiger partial charge in [-0.2, -0.15) is 0 Å². The summed E-state index contributed by atoms with van der Waals surface area (Å²) in [5.74, 6) is 2.44. The Kier molecular flexibility index (Phi) is 7.89. The Hall–Kier alpha value is -7.20. The summed E-state index contributed by atoms with van der Waals surface area (Å²) in [5.41, 5.74) is 6.66. The van der Waals surface area contributed by atoms with Crippen LogP contribution in [0.2, 0.25) is 0 Å².